The van der Waals surface area contributed by atoms with Crippen LogP contribution in [0.3, 0.4) is 0 Å². The lowest BCUT2D eigenvalue weighted by molar-refractivity contribution is -0.132. The number of benzene rings is 1. The second kappa shape index (κ2) is 10.8. The molecule has 0 spiro atoms. The number of carbonyl (C=O) groups excluding carboxylic acids is 1. The summed E-state index contributed by atoms with van der Waals surface area (Å²) >= 11 is 1.56. The third-order valence-corrected chi connectivity index (χ3v) is 7.14. The molecule has 3 heterocycles. The van der Waals surface area contributed by atoms with Gasteiger partial charge in [-0.3, -0.25) is 9.69 Å². The highest BCUT2D eigenvalue weighted by molar-refractivity contribution is 7.92. The maximum absolute atomic E-state index is 12.5. The molecule has 0 aliphatic carbocycles. The van der Waals surface area contributed by atoms with Gasteiger partial charge in [-0.2, -0.15) is 4.98 Å². The van der Waals surface area contributed by atoms with Crippen LogP contribution in [0.15, 0.2) is 57.8 Å². The van der Waals surface area contributed by atoms with Gasteiger partial charge < -0.3 is 9.42 Å². The molecular weight excluding hydrogens is 462 g/mol. The average Bonchev–Trinajstić information content (AvgIpc) is 3.51. The Morgan fingerprint density at radius 1 is 1.12 bits per heavy atom. The third-order valence-electron chi connectivity index (χ3n) is 5.17. The first-order valence-corrected chi connectivity index (χ1v) is 13.0. The lowest BCUT2D eigenvalue weighted by Crippen LogP contribution is -2.48. The first-order valence-electron chi connectivity index (χ1n) is 10.6. The summed E-state index contributed by atoms with van der Waals surface area (Å²) in [5, 5.41) is 7.11. The second-order valence-electron chi connectivity index (χ2n) is 7.55. The Kier molecular flexibility index (Phi) is 7.65. The van der Waals surface area contributed by atoms with Crippen molar-refractivity contribution in [3.63, 3.8) is 0 Å². The number of rotatable bonds is 9. The van der Waals surface area contributed by atoms with Gasteiger partial charge >= 0.3 is 0 Å². The van der Waals surface area contributed by atoms with Crippen molar-refractivity contribution in [1.29, 1.82) is 0 Å². The molecule has 0 saturated carbocycles. The molecule has 33 heavy (non-hydrogen) atoms. The molecule has 0 bridgehead atoms. The van der Waals surface area contributed by atoms with Crippen molar-refractivity contribution in [1.82, 2.24) is 24.7 Å². The zero-order chi connectivity index (χ0) is 23.1. The van der Waals surface area contributed by atoms with Gasteiger partial charge in [0.1, 0.15) is 0 Å². The highest BCUT2D eigenvalue weighted by atomic mass is 32.2. The number of thiophene rings is 1. The molecule has 0 unspecified atom stereocenters. The number of hydrogen-bond donors (Lipinski definition) is 1. The minimum absolute atomic E-state index is 0.0635. The summed E-state index contributed by atoms with van der Waals surface area (Å²) < 4.78 is 32.0. The molecule has 11 heteroatoms. The predicted molar refractivity (Wildman–Crippen MR) is 126 cm³/mol. The summed E-state index contributed by atoms with van der Waals surface area (Å²) in [5.74, 6) is 1.08. The summed E-state index contributed by atoms with van der Waals surface area (Å²) in [6, 6.07) is 13.1. The van der Waals surface area contributed by atoms with E-state index in [4.69, 9.17) is 4.52 Å². The molecular formula is C22H25N5O4S2. The Morgan fingerprint density at radius 2 is 1.91 bits per heavy atom. The van der Waals surface area contributed by atoms with E-state index >= 15 is 0 Å². The number of hydrogen-bond acceptors (Lipinski definition) is 8. The van der Waals surface area contributed by atoms with E-state index in [1.165, 1.54) is 6.08 Å². The van der Waals surface area contributed by atoms with Gasteiger partial charge in [0.05, 0.1) is 11.4 Å². The predicted octanol–water partition coefficient (Wildman–Crippen LogP) is 2.42. The van der Waals surface area contributed by atoms with Crippen LogP contribution in [-0.4, -0.2) is 67.0 Å². The van der Waals surface area contributed by atoms with Gasteiger partial charge in [-0.15, -0.1) is 11.3 Å². The van der Waals surface area contributed by atoms with Crippen LogP contribution in [0.5, 0.6) is 0 Å². The normalized spacial score (nSPS) is 15.3. The second-order valence-corrected chi connectivity index (χ2v) is 10.1. The van der Waals surface area contributed by atoms with Crippen molar-refractivity contribution in [3.05, 3.63) is 64.7 Å². The van der Waals surface area contributed by atoms with Gasteiger partial charge in [0.25, 0.3) is 0 Å². The fourth-order valence-electron chi connectivity index (χ4n) is 3.41. The quantitative estimate of drug-likeness (QED) is 0.494. The first kappa shape index (κ1) is 23.3. The number of sulfonamides is 1. The maximum Gasteiger partial charge on any atom is 0.241 e. The van der Waals surface area contributed by atoms with Gasteiger partial charge in [0.2, 0.25) is 27.6 Å². The zero-order valence-corrected chi connectivity index (χ0v) is 19.6. The highest BCUT2D eigenvalue weighted by Crippen LogP contribution is 2.21. The van der Waals surface area contributed by atoms with E-state index in [0.29, 0.717) is 44.4 Å². The average molecular weight is 488 g/mol. The monoisotopic (exact) mass is 487 g/mol. The maximum atomic E-state index is 12.5. The minimum Gasteiger partial charge on any atom is -0.340 e. The Bertz CT molecular complexity index is 1170. The van der Waals surface area contributed by atoms with Gasteiger partial charge in [-0.1, -0.05) is 41.6 Å². The third kappa shape index (κ3) is 6.81. The van der Waals surface area contributed by atoms with E-state index in [1.54, 1.807) is 16.2 Å². The van der Waals surface area contributed by atoms with Crippen LogP contribution in [0.25, 0.3) is 16.8 Å². The van der Waals surface area contributed by atoms with Gasteiger partial charge in [0, 0.05) is 44.6 Å². The number of nitrogens with one attached hydrogen (secondary N) is 1. The van der Waals surface area contributed by atoms with Gasteiger partial charge in [0.15, 0.2) is 0 Å². The molecule has 174 valence electrons. The molecule has 1 aliphatic rings. The minimum atomic E-state index is -3.60. The van der Waals surface area contributed by atoms with Crippen molar-refractivity contribution in [2.45, 2.75) is 13.0 Å². The molecule has 1 aromatic carbocycles. The summed E-state index contributed by atoms with van der Waals surface area (Å²) in [7, 11) is -3.60. The van der Waals surface area contributed by atoms with Crippen molar-refractivity contribution in [3.8, 4) is 10.7 Å². The van der Waals surface area contributed by atoms with Gasteiger partial charge in [-0.05, 0) is 23.1 Å². The molecule has 4 rings (SSSR count). The Labute approximate surface area is 196 Å². The SMILES string of the molecule is O=C(CCNS(=O)(=O)/C=C/c1ccccc1)N1CCN(Cc2nc(-c3cccs3)no2)CC1. The summed E-state index contributed by atoms with van der Waals surface area (Å²) in [5.41, 5.74) is 0.792. The van der Waals surface area contributed by atoms with Crippen LogP contribution in [0.4, 0.5) is 0 Å². The van der Waals surface area contributed by atoms with E-state index < -0.39 is 10.0 Å². The van der Waals surface area contributed by atoms with Crippen molar-refractivity contribution in [2.24, 2.45) is 0 Å². The fraction of sp³-hybridized carbons (Fsp3) is 0.318. The summed E-state index contributed by atoms with van der Waals surface area (Å²) in [4.78, 5) is 21.8. The molecule has 1 fully saturated rings. The molecule has 0 radical (unpaired) electrons. The molecule has 9 nitrogen and oxygen atoms in total. The lowest BCUT2D eigenvalue weighted by Gasteiger charge is -2.34. The van der Waals surface area contributed by atoms with Crippen LogP contribution in [-0.2, 0) is 21.4 Å². The van der Waals surface area contributed by atoms with E-state index in [-0.39, 0.29) is 18.9 Å². The zero-order valence-electron chi connectivity index (χ0n) is 18.0. The molecule has 1 N–H and O–H groups in total. The Morgan fingerprint density at radius 3 is 2.64 bits per heavy atom. The molecule has 1 aliphatic heterocycles. The Hall–Kier alpha value is -2.86. The number of carbonyl (C=O) groups is 1. The Balaban J connectivity index is 1.18. The number of aromatic nitrogens is 2. The highest BCUT2D eigenvalue weighted by Gasteiger charge is 2.23. The topological polar surface area (TPSA) is 109 Å². The molecule has 1 amide bonds. The number of nitrogens with zero attached hydrogens (tertiary/aromatic N) is 4. The molecule has 3 aromatic rings. The summed E-state index contributed by atoms with van der Waals surface area (Å²) in [6.07, 6.45) is 1.64. The van der Waals surface area contributed by atoms with Crippen molar-refractivity contribution < 1.29 is 17.7 Å². The first-order chi connectivity index (χ1) is 16.0. The van der Waals surface area contributed by atoms with Gasteiger partial charge in [-0.25, -0.2) is 13.1 Å². The van der Waals surface area contributed by atoms with Crippen molar-refractivity contribution in [2.75, 3.05) is 32.7 Å². The van der Waals surface area contributed by atoms with Crippen LogP contribution in [0, 0.1) is 0 Å². The lowest BCUT2D eigenvalue weighted by atomic mass is 10.2. The summed E-state index contributed by atoms with van der Waals surface area (Å²) in [6.45, 7) is 3.13. The van der Waals surface area contributed by atoms with E-state index in [2.05, 4.69) is 19.8 Å². The number of amides is 1. The van der Waals surface area contributed by atoms with E-state index in [1.807, 2.05) is 47.8 Å². The molecule has 2 aromatic heterocycles. The molecule has 1 saturated heterocycles. The standard InChI is InChI=1S/C22H25N5O4S2/c28-21(8-10-23-33(29,30)16-9-18-5-2-1-3-6-18)27-13-11-26(12-14-27)17-20-24-22(25-31-20)19-7-4-15-32-19/h1-7,9,15-16,23H,8,10-14,17H2/b16-9+. The van der Waals surface area contributed by atoms with Crippen LogP contribution >= 0.6 is 11.3 Å². The number of piperazine rings is 1. The van der Waals surface area contributed by atoms with E-state index in [9.17, 15) is 13.2 Å². The largest absolute Gasteiger partial charge is 0.340 e. The van der Waals surface area contributed by atoms with Crippen molar-refractivity contribution >= 4 is 33.3 Å². The van der Waals surface area contributed by atoms with Crippen LogP contribution in [0.1, 0.15) is 17.9 Å². The van der Waals surface area contributed by atoms with Crippen LogP contribution in [0.2, 0.25) is 0 Å². The van der Waals surface area contributed by atoms with Crippen LogP contribution < -0.4 is 4.72 Å². The van der Waals surface area contributed by atoms with E-state index in [0.717, 1.165) is 15.8 Å². The fourth-order valence-corrected chi connectivity index (χ4v) is 4.88. The smallest absolute Gasteiger partial charge is 0.241 e. The molecule has 0 atom stereocenters.